The number of phenolic OH excluding ortho intramolecular Hbond substituents is 2. The van der Waals surface area contributed by atoms with E-state index in [4.69, 9.17) is 0 Å². The Kier molecular flexibility index (Phi) is 5.73. The van der Waals surface area contributed by atoms with Gasteiger partial charge in [0.05, 0.1) is 0 Å². The van der Waals surface area contributed by atoms with Crippen molar-refractivity contribution in [3.63, 3.8) is 0 Å². The van der Waals surface area contributed by atoms with Gasteiger partial charge in [-0.1, -0.05) is 77.1 Å². The Bertz CT molecular complexity index is 992. The molecule has 0 fully saturated rings. The van der Waals surface area contributed by atoms with Crippen LogP contribution < -0.4 is 0 Å². The summed E-state index contributed by atoms with van der Waals surface area (Å²) in [6, 6.07) is 18.7. The summed E-state index contributed by atoms with van der Waals surface area (Å²) in [6.45, 7) is 15.1. The Labute approximate surface area is 181 Å². The first kappa shape index (κ1) is 22.0. The Morgan fingerprint density at radius 1 is 0.600 bits per heavy atom. The minimum Gasteiger partial charge on any atom is -0.508 e. The maximum atomic E-state index is 9.96. The van der Waals surface area contributed by atoms with E-state index in [1.807, 2.05) is 26.0 Å². The molecule has 0 aliphatic heterocycles. The van der Waals surface area contributed by atoms with Gasteiger partial charge in [-0.05, 0) is 71.3 Å². The molecule has 0 spiro atoms. The average molecular weight is 403 g/mol. The van der Waals surface area contributed by atoms with Crippen molar-refractivity contribution in [1.29, 1.82) is 0 Å². The highest BCUT2D eigenvalue weighted by molar-refractivity contribution is 5.49. The molecule has 158 valence electrons. The average Bonchev–Trinajstić information content (AvgIpc) is 2.71. The lowest BCUT2D eigenvalue weighted by atomic mass is 9.72. The highest BCUT2D eigenvalue weighted by Crippen LogP contribution is 2.39. The fourth-order valence-electron chi connectivity index (χ4n) is 4.04. The molecule has 2 N–H and O–H groups in total. The van der Waals surface area contributed by atoms with Crippen LogP contribution in [0.2, 0.25) is 0 Å². The molecule has 0 aliphatic rings. The molecule has 0 heterocycles. The predicted octanol–water partition coefficient (Wildman–Crippen LogP) is 6.93. The Morgan fingerprint density at radius 2 is 1.00 bits per heavy atom. The van der Waals surface area contributed by atoms with Crippen molar-refractivity contribution in [2.75, 3.05) is 0 Å². The van der Waals surface area contributed by atoms with Crippen LogP contribution in [0.5, 0.6) is 11.5 Å². The maximum Gasteiger partial charge on any atom is 0.118 e. The van der Waals surface area contributed by atoms with Gasteiger partial charge in [0, 0.05) is 10.8 Å². The molecule has 3 aromatic carbocycles. The second-order valence-corrected chi connectivity index (χ2v) is 9.52. The zero-order chi connectivity index (χ0) is 22.3. The molecule has 0 bridgehead atoms. The van der Waals surface area contributed by atoms with Gasteiger partial charge in [-0.25, -0.2) is 0 Å². The van der Waals surface area contributed by atoms with Crippen LogP contribution in [-0.4, -0.2) is 10.2 Å². The lowest BCUT2D eigenvalue weighted by Crippen LogP contribution is -2.23. The van der Waals surface area contributed by atoms with Gasteiger partial charge in [0.15, 0.2) is 0 Å². The summed E-state index contributed by atoms with van der Waals surface area (Å²) in [7, 11) is 0. The summed E-state index contributed by atoms with van der Waals surface area (Å²) in [4.78, 5) is 0. The van der Waals surface area contributed by atoms with Gasteiger partial charge in [0.1, 0.15) is 11.5 Å². The molecular weight excluding hydrogens is 368 g/mol. The zero-order valence-electron chi connectivity index (χ0n) is 19.3. The lowest BCUT2D eigenvalue weighted by molar-refractivity contribution is 0.469. The summed E-state index contributed by atoms with van der Waals surface area (Å²) < 4.78 is 0. The molecule has 0 saturated heterocycles. The first-order chi connectivity index (χ1) is 14.0. The fraction of sp³-hybridized carbons (Fsp3) is 0.357. The van der Waals surface area contributed by atoms with Crippen LogP contribution in [0.4, 0.5) is 0 Å². The van der Waals surface area contributed by atoms with Crippen molar-refractivity contribution in [1.82, 2.24) is 0 Å². The van der Waals surface area contributed by atoms with E-state index >= 15 is 0 Å². The third-order valence-electron chi connectivity index (χ3n) is 6.68. The zero-order valence-corrected chi connectivity index (χ0v) is 19.3. The molecule has 3 aromatic rings. The lowest BCUT2D eigenvalue weighted by Gasteiger charge is -2.32. The van der Waals surface area contributed by atoms with Crippen molar-refractivity contribution < 1.29 is 10.2 Å². The molecule has 0 unspecified atom stereocenters. The van der Waals surface area contributed by atoms with Gasteiger partial charge >= 0.3 is 0 Å². The second-order valence-electron chi connectivity index (χ2n) is 9.52. The number of benzene rings is 3. The standard InChI is InChI=1S/C28H34O2/c1-8-20-15-23(27(4,5)21-9-11-25(29)18(2)13-21)17-24(16-20)28(6,7)22-10-12-26(30)19(3)14-22/h9-17,29-30H,8H2,1-7H3. The number of aryl methyl sites for hydroxylation is 3. The van der Waals surface area contributed by atoms with E-state index < -0.39 is 0 Å². The van der Waals surface area contributed by atoms with Crippen LogP contribution in [0, 0.1) is 13.8 Å². The summed E-state index contributed by atoms with van der Waals surface area (Å²) in [5, 5.41) is 19.9. The van der Waals surface area contributed by atoms with Crippen LogP contribution >= 0.6 is 0 Å². The largest absolute Gasteiger partial charge is 0.508 e. The van der Waals surface area contributed by atoms with Gasteiger partial charge in [0.2, 0.25) is 0 Å². The number of hydrogen-bond acceptors (Lipinski definition) is 2. The molecule has 0 amide bonds. The Balaban J connectivity index is 2.15. The topological polar surface area (TPSA) is 40.5 Å². The van der Waals surface area contributed by atoms with Crippen LogP contribution in [-0.2, 0) is 17.3 Å². The second kappa shape index (κ2) is 7.83. The van der Waals surface area contributed by atoms with Crippen LogP contribution in [0.3, 0.4) is 0 Å². The first-order valence-electron chi connectivity index (χ1n) is 10.7. The fourth-order valence-corrected chi connectivity index (χ4v) is 4.04. The molecule has 0 saturated carbocycles. The van der Waals surface area contributed by atoms with Crippen LogP contribution in [0.15, 0.2) is 54.6 Å². The molecule has 30 heavy (non-hydrogen) atoms. The highest BCUT2D eigenvalue weighted by Gasteiger charge is 2.29. The van der Waals surface area contributed by atoms with Crippen LogP contribution in [0.25, 0.3) is 0 Å². The van der Waals surface area contributed by atoms with Crippen molar-refractivity contribution in [3.8, 4) is 11.5 Å². The molecule has 2 heteroatoms. The van der Waals surface area contributed by atoms with E-state index in [1.54, 1.807) is 12.1 Å². The van der Waals surface area contributed by atoms with Gasteiger partial charge in [-0.15, -0.1) is 0 Å². The maximum absolute atomic E-state index is 9.96. The van der Waals surface area contributed by atoms with Gasteiger partial charge in [-0.2, -0.15) is 0 Å². The van der Waals surface area contributed by atoms with Crippen LogP contribution in [0.1, 0.15) is 73.6 Å². The minimum absolute atomic E-state index is 0.195. The molecule has 0 aromatic heterocycles. The van der Waals surface area contributed by atoms with E-state index in [0.29, 0.717) is 11.5 Å². The quantitative estimate of drug-likeness (QED) is 0.486. The molecule has 2 nitrogen and oxygen atoms in total. The van der Waals surface area contributed by atoms with Crippen molar-refractivity contribution in [2.24, 2.45) is 0 Å². The number of hydrogen-bond donors (Lipinski definition) is 2. The van der Waals surface area contributed by atoms with Gasteiger partial charge in [-0.3, -0.25) is 0 Å². The first-order valence-corrected chi connectivity index (χ1v) is 10.7. The van der Waals surface area contributed by atoms with E-state index in [-0.39, 0.29) is 10.8 Å². The van der Waals surface area contributed by atoms with Gasteiger partial charge < -0.3 is 10.2 Å². The molecular formula is C28H34O2. The third-order valence-corrected chi connectivity index (χ3v) is 6.68. The van der Waals surface area contributed by atoms with Gasteiger partial charge in [0.25, 0.3) is 0 Å². The smallest absolute Gasteiger partial charge is 0.118 e. The predicted molar refractivity (Wildman–Crippen MR) is 126 cm³/mol. The number of aromatic hydroxyl groups is 2. The summed E-state index contributed by atoms with van der Waals surface area (Å²) in [6.07, 6.45) is 0.968. The van der Waals surface area contributed by atoms with E-state index in [0.717, 1.165) is 17.5 Å². The highest BCUT2D eigenvalue weighted by atomic mass is 16.3. The van der Waals surface area contributed by atoms with E-state index in [2.05, 4.69) is 65.0 Å². The summed E-state index contributed by atoms with van der Waals surface area (Å²) in [5.74, 6) is 0.669. The molecule has 0 radical (unpaired) electrons. The van der Waals surface area contributed by atoms with E-state index in [9.17, 15) is 10.2 Å². The molecule has 0 aliphatic carbocycles. The summed E-state index contributed by atoms with van der Waals surface area (Å²) >= 11 is 0. The minimum atomic E-state index is -0.195. The van der Waals surface area contributed by atoms with Crippen molar-refractivity contribution in [2.45, 2.75) is 65.7 Å². The Morgan fingerprint density at radius 3 is 1.33 bits per heavy atom. The SMILES string of the molecule is CCc1cc(C(C)(C)c2ccc(O)c(C)c2)cc(C(C)(C)c2ccc(O)c(C)c2)c1. The van der Waals surface area contributed by atoms with Crippen molar-refractivity contribution >= 4 is 0 Å². The monoisotopic (exact) mass is 402 g/mol. The Hall–Kier alpha value is -2.74. The third kappa shape index (κ3) is 3.96. The van der Waals surface area contributed by atoms with Crippen molar-refractivity contribution in [3.05, 3.63) is 93.5 Å². The molecule has 0 atom stereocenters. The number of rotatable bonds is 5. The number of phenols is 2. The normalized spacial score (nSPS) is 12.2. The summed E-state index contributed by atoms with van der Waals surface area (Å²) in [5.41, 5.74) is 7.63. The van der Waals surface area contributed by atoms with E-state index in [1.165, 1.54) is 27.8 Å². The molecule has 3 rings (SSSR count).